The first-order chi connectivity index (χ1) is 7.15. The van der Waals surface area contributed by atoms with Crippen LogP contribution in [-0.4, -0.2) is 36.3 Å². The number of anilines is 1. The molecule has 1 rings (SSSR count). The van der Waals surface area contributed by atoms with E-state index in [1.54, 1.807) is 14.0 Å². The Hall–Kier alpha value is -1.40. The fourth-order valence-electron chi connectivity index (χ4n) is 1.23. The zero-order valence-corrected chi connectivity index (χ0v) is 8.91. The number of nitrogens with one attached hydrogen (secondary N) is 2. The van der Waals surface area contributed by atoms with Crippen molar-refractivity contribution in [2.75, 3.05) is 25.6 Å². The van der Waals surface area contributed by atoms with Gasteiger partial charge in [-0.15, -0.1) is 0 Å². The number of hydrogen-bond acceptors (Lipinski definition) is 5. The first-order valence-corrected chi connectivity index (χ1v) is 4.69. The van der Waals surface area contributed by atoms with Crippen LogP contribution < -0.4 is 16.6 Å². The van der Waals surface area contributed by atoms with Gasteiger partial charge in [0.15, 0.2) is 0 Å². The molecule has 0 amide bonds. The SMILES string of the molecule is COCC(CN)Nc1cc(=O)[nH]c(C)n1. The van der Waals surface area contributed by atoms with Gasteiger partial charge in [0.05, 0.1) is 12.6 Å². The molecule has 1 aromatic rings. The Bertz CT molecular complexity index is 363. The van der Waals surface area contributed by atoms with Crippen LogP contribution in [0.1, 0.15) is 5.82 Å². The van der Waals surface area contributed by atoms with Gasteiger partial charge in [-0.2, -0.15) is 0 Å². The summed E-state index contributed by atoms with van der Waals surface area (Å²) in [7, 11) is 1.60. The second-order valence-corrected chi connectivity index (χ2v) is 3.25. The maximum Gasteiger partial charge on any atom is 0.252 e. The van der Waals surface area contributed by atoms with Crippen LogP contribution in [0.4, 0.5) is 5.82 Å². The summed E-state index contributed by atoms with van der Waals surface area (Å²) in [5.74, 6) is 1.09. The molecule has 1 atom stereocenters. The number of methoxy groups -OCH3 is 1. The zero-order chi connectivity index (χ0) is 11.3. The van der Waals surface area contributed by atoms with Crippen molar-refractivity contribution in [2.24, 2.45) is 5.73 Å². The molecule has 0 radical (unpaired) electrons. The predicted molar refractivity (Wildman–Crippen MR) is 57.9 cm³/mol. The Morgan fingerprint density at radius 1 is 1.73 bits per heavy atom. The molecule has 4 N–H and O–H groups in total. The summed E-state index contributed by atoms with van der Waals surface area (Å²) < 4.78 is 4.97. The molecule has 6 heteroatoms. The lowest BCUT2D eigenvalue weighted by molar-refractivity contribution is 0.187. The number of nitrogens with zero attached hydrogens (tertiary/aromatic N) is 1. The molecule has 1 heterocycles. The van der Waals surface area contributed by atoms with Crippen LogP contribution in [-0.2, 0) is 4.74 Å². The van der Waals surface area contributed by atoms with Gasteiger partial charge in [0, 0.05) is 19.7 Å². The van der Waals surface area contributed by atoms with Crippen molar-refractivity contribution in [1.29, 1.82) is 0 Å². The molecule has 6 nitrogen and oxygen atoms in total. The number of aryl methyl sites for hydroxylation is 1. The van der Waals surface area contributed by atoms with Crippen LogP contribution in [0, 0.1) is 6.92 Å². The number of hydrogen-bond donors (Lipinski definition) is 3. The van der Waals surface area contributed by atoms with Crippen molar-refractivity contribution >= 4 is 5.82 Å². The molecule has 84 valence electrons. The Morgan fingerprint density at radius 2 is 2.47 bits per heavy atom. The third kappa shape index (κ3) is 3.69. The van der Waals surface area contributed by atoms with Crippen molar-refractivity contribution in [3.05, 3.63) is 22.2 Å². The second kappa shape index (κ2) is 5.47. The Labute approximate surface area is 87.9 Å². The van der Waals surface area contributed by atoms with E-state index in [2.05, 4.69) is 15.3 Å². The molecule has 1 aromatic heterocycles. The quantitative estimate of drug-likeness (QED) is 0.609. The average Bonchev–Trinajstić information content (AvgIpc) is 2.15. The van der Waals surface area contributed by atoms with Crippen LogP contribution in [0.2, 0.25) is 0 Å². The van der Waals surface area contributed by atoms with Gasteiger partial charge >= 0.3 is 0 Å². The van der Waals surface area contributed by atoms with E-state index in [0.717, 1.165) is 0 Å². The third-order valence-electron chi connectivity index (χ3n) is 1.86. The van der Waals surface area contributed by atoms with E-state index in [0.29, 0.717) is 24.8 Å². The van der Waals surface area contributed by atoms with Crippen molar-refractivity contribution in [3.63, 3.8) is 0 Å². The third-order valence-corrected chi connectivity index (χ3v) is 1.86. The number of ether oxygens (including phenoxy) is 1. The summed E-state index contributed by atoms with van der Waals surface area (Å²) in [5.41, 5.74) is 5.34. The second-order valence-electron chi connectivity index (χ2n) is 3.25. The van der Waals surface area contributed by atoms with Gasteiger partial charge in [-0.3, -0.25) is 4.79 Å². The molecular weight excluding hydrogens is 196 g/mol. The number of aromatic amines is 1. The fraction of sp³-hybridized carbons (Fsp3) is 0.556. The highest BCUT2D eigenvalue weighted by Gasteiger charge is 2.07. The van der Waals surface area contributed by atoms with Crippen LogP contribution in [0.25, 0.3) is 0 Å². The Balaban J connectivity index is 2.74. The van der Waals surface area contributed by atoms with Gasteiger partial charge in [0.25, 0.3) is 5.56 Å². The van der Waals surface area contributed by atoms with Gasteiger partial charge in [0.1, 0.15) is 11.6 Å². The summed E-state index contributed by atoms with van der Waals surface area (Å²) in [5, 5.41) is 3.03. The van der Waals surface area contributed by atoms with E-state index >= 15 is 0 Å². The molecule has 0 fully saturated rings. The van der Waals surface area contributed by atoms with Crippen molar-refractivity contribution in [2.45, 2.75) is 13.0 Å². The highest BCUT2D eigenvalue weighted by molar-refractivity contribution is 5.34. The minimum Gasteiger partial charge on any atom is -0.383 e. The summed E-state index contributed by atoms with van der Waals surface area (Å²) in [6.07, 6.45) is 0. The van der Waals surface area contributed by atoms with Crippen LogP contribution in [0.5, 0.6) is 0 Å². The molecule has 0 aliphatic heterocycles. The Kier molecular flexibility index (Phi) is 4.26. The summed E-state index contributed by atoms with van der Waals surface area (Å²) in [4.78, 5) is 17.8. The van der Waals surface area contributed by atoms with E-state index < -0.39 is 0 Å². The van der Waals surface area contributed by atoms with Crippen LogP contribution >= 0.6 is 0 Å². The minimum absolute atomic E-state index is 0.0382. The van der Waals surface area contributed by atoms with E-state index in [4.69, 9.17) is 10.5 Å². The van der Waals surface area contributed by atoms with Crippen LogP contribution in [0.15, 0.2) is 10.9 Å². The number of H-pyrrole nitrogens is 1. The van der Waals surface area contributed by atoms with Gasteiger partial charge in [-0.05, 0) is 6.92 Å². The van der Waals surface area contributed by atoms with Crippen molar-refractivity contribution in [1.82, 2.24) is 9.97 Å². The first-order valence-electron chi connectivity index (χ1n) is 4.69. The standard InChI is InChI=1S/C9H16N4O2/c1-6-11-8(3-9(14)12-6)13-7(4-10)5-15-2/h3,7H,4-5,10H2,1-2H3,(H2,11,12,13,14). The van der Waals surface area contributed by atoms with Crippen molar-refractivity contribution in [3.8, 4) is 0 Å². The smallest absolute Gasteiger partial charge is 0.252 e. The number of rotatable bonds is 5. The molecule has 1 unspecified atom stereocenters. The molecule has 0 saturated heterocycles. The van der Waals surface area contributed by atoms with Gasteiger partial charge in [-0.1, -0.05) is 0 Å². The highest BCUT2D eigenvalue weighted by Crippen LogP contribution is 2.00. The Morgan fingerprint density at radius 3 is 3.00 bits per heavy atom. The topological polar surface area (TPSA) is 93.0 Å². The summed E-state index contributed by atoms with van der Waals surface area (Å²) in [6.45, 7) is 2.62. The lowest BCUT2D eigenvalue weighted by Gasteiger charge is -2.16. The largest absolute Gasteiger partial charge is 0.383 e. The molecule has 15 heavy (non-hydrogen) atoms. The predicted octanol–water partition coefficient (Wildman–Crippen LogP) is -0.536. The highest BCUT2D eigenvalue weighted by atomic mass is 16.5. The minimum atomic E-state index is -0.182. The normalized spacial score (nSPS) is 12.5. The number of aromatic nitrogens is 2. The van der Waals surface area contributed by atoms with Crippen molar-refractivity contribution < 1.29 is 4.74 Å². The summed E-state index contributed by atoms with van der Waals surface area (Å²) >= 11 is 0. The van der Waals surface area contributed by atoms with Gasteiger partial charge in [0.2, 0.25) is 0 Å². The van der Waals surface area contributed by atoms with E-state index in [9.17, 15) is 4.79 Å². The average molecular weight is 212 g/mol. The monoisotopic (exact) mass is 212 g/mol. The maximum atomic E-state index is 11.1. The molecule has 0 bridgehead atoms. The lowest BCUT2D eigenvalue weighted by atomic mass is 10.3. The lowest BCUT2D eigenvalue weighted by Crippen LogP contribution is -2.34. The fourth-order valence-corrected chi connectivity index (χ4v) is 1.23. The molecule has 0 aromatic carbocycles. The van der Waals surface area contributed by atoms with Gasteiger partial charge < -0.3 is 20.8 Å². The molecule has 0 spiro atoms. The van der Waals surface area contributed by atoms with Gasteiger partial charge in [-0.25, -0.2) is 4.98 Å². The molecular formula is C9H16N4O2. The maximum absolute atomic E-state index is 11.1. The zero-order valence-electron chi connectivity index (χ0n) is 8.91. The van der Waals surface area contributed by atoms with Crippen LogP contribution in [0.3, 0.4) is 0 Å². The number of nitrogens with two attached hydrogens (primary N) is 1. The molecule has 0 aliphatic carbocycles. The van der Waals surface area contributed by atoms with E-state index in [1.165, 1.54) is 6.07 Å². The molecule has 0 saturated carbocycles. The first kappa shape index (κ1) is 11.7. The van der Waals surface area contributed by atoms with E-state index in [-0.39, 0.29) is 11.6 Å². The summed E-state index contributed by atoms with van der Waals surface area (Å²) in [6, 6.07) is 1.36. The molecule has 0 aliphatic rings. The van der Waals surface area contributed by atoms with E-state index in [1.807, 2.05) is 0 Å².